The molecule has 4 saturated carbocycles. The SMILES string of the molecule is C=C[C@@H]1C[C@]1(NC(=O)[C@@H]1C[C@@H]2CN1C(=O)[C@H](C1CCCC1)NC(=O)O[C@@H]1CCC[C@H]1CCC=CCn1c(nc3cc(C(F)(F)F)ccc3c1=O)O2)C(=O)NS(=O)(=O)C1CC1. The molecule has 15 nitrogen and oxygen atoms in total. The van der Waals surface area contributed by atoms with Gasteiger partial charge in [0.05, 0.1) is 28.3 Å². The Morgan fingerprint density at radius 2 is 1.73 bits per heavy atom. The van der Waals surface area contributed by atoms with Crippen LogP contribution in [0, 0.1) is 17.8 Å². The minimum atomic E-state index is -4.72. The van der Waals surface area contributed by atoms with Gasteiger partial charge in [0.15, 0.2) is 0 Å². The molecule has 2 aliphatic heterocycles. The Labute approximate surface area is 344 Å². The number of hydrogen-bond acceptors (Lipinski definition) is 10. The van der Waals surface area contributed by atoms with Crippen LogP contribution >= 0.6 is 0 Å². The number of carbonyl (C=O) groups is 4. The summed E-state index contributed by atoms with van der Waals surface area (Å²) < 4.78 is 82.5. The topological polar surface area (TPSA) is 195 Å². The molecule has 2 bridgehead atoms. The summed E-state index contributed by atoms with van der Waals surface area (Å²) in [5.74, 6) is -3.21. The number of alkyl halides is 3. The van der Waals surface area contributed by atoms with Crippen LogP contribution in [0.5, 0.6) is 6.01 Å². The summed E-state index contributed by atoms with van der Waals surface area (Å²) in [7, 11) is -3.99. The fourth-order valence-electron chi connectivity index (χ4n) is 9.42. The highest BCUT2D eigenvalue weighted by molar-refractivity contribution is 7.91. The minimum Gasteiger partial charge on any atom is -0.459 e. The van der Waals surface area contributed by atoms with Crippen LogP contribution in [0.15, 0.2) is 47.8 Å². The molecule has 1 aromatic heterocycles. The first kappa shape index (κ1) is 41.8. The van der Waals surface area contributed by atoms with Crippen molar-refractivity contribution in [3.05, 3.63) is 58.9 Å². The molecule has 19 heteroatoms. The standard InChI is InChI=1S/C41H49F3N6O9S/c1-2-25-21-40(25,37(54)48-60(56,57)28-15-16-28)47-34(51)31-20-27-22-50(31)36(53)33(24-10-5-6-11-24)46-39(55)59-32-13-8-12-23(32)9-4-3-7-18-49-35(52)29-17-14-26(41(42,43)44)19-30(29)45-38(49)58-27/h2-3,7,14,17,19,23-25,27-28,31-33H,1,4-6,8-13,15-16,18,20-22H2,(H,46,55)(H,47,51)(H,48,54)/t23-,25-,27-,31+,32-,33+,40-/m1/s1. The molecule has 0 spiro atoms. The van der Waals surface area contributed by atoms with Crippen LogP contribution in [0.25, 0.3) is 10.9 Å². The monoisotopic (exact) mass is 858 g/mol. The van der Waals surface area contributed by atoms with Crippen molar-refractivity contribution >= 4 is 44.7 Å². The lowest BCUT2D eigenvalue weighted by Crippen LogP contribution is -2.59. The van der Waals surface area contributed by atoms with E-state index in [1.807, 2.05) is 6.08 Å². The van der Waals surface area contributed by atoms with E-state index in [-0.39, 0.29) is 60.8 Å². The van der Waals surface area contributed by atoms with Gasteiger partial charge < -0.3 is 25.0 Å². The van der Waals surface area contributed by atoms with E-state index in [0.29, 0.717) is 44.9 Å². The number of alkyl carbamates (subject to hydrolysis) is 1. The summed E-state index contributed by atoms with van der Waals surface area (Å²) in [5, 5.41) is 4.78. The van der Waals surface area contributed by atoms with Crippen LogP contribution < -0.4 is 25.7 Å². The zero-order valence-electron chi connectivity index (χ0n) is 33.0. The fourth-order valence-corrected chi connectivity index (χ4v) is 10.8. The van der Waals surface area contributed by atoms with E-state index in [1.165, 1.54) is 15.5 Å². The van der Waals surface area contributed by atoms with E-state index in [1.54, 1.807) is 6.08 Å². The number of rotatable bonds is 7. The molecule has 4 aliphatic carbocycles. The van der Waals surface area contributed by atoms with Gasteiger partial charge in [-0.05, 0) is 94.2 Å². The number of benzene rings is 1. The van der Waals surface area contributed by atoms with Gasteiger partial charge >= 0.3 is 12.3 Å². The van der Waals surface area contributed by atoms with Crippen molar-refractivity contribution in [1.29, 1.82) is 0 Å². The maximum atomic E-state index is 14.8. The van der Waals surface area contributed by atoms with E-state index < -0.39 is 86.0 Å². The molecule has 60 heavy (non-hydrogen) atoms. The lowest BCUT2D eigenvalue weighted by Gasteiger charge is -2.32. The molecule has 4 amide bonds. The molecule has 7 atom stereocenters. The molecule has 8 rings (SSSR count). The molecular formula is C41H49F3N6O9S. The predicted molar refractivity (Wildman–Crippen MR) is 210 cm³/mol. The summed E-state index contributed by atoms with van der Waals surface area (Å²) in [6, 6.07) is -0.117. The van der Waals surface area contributed by atoms with Crippen molar-refractivity contribution in [3.63, 3.8) is 0 Å². The molecule has 0 unspecified atom stereocenters. The van der Waals surface area contributed by atoms with Crippen molar-refractivity contribution in [2.24, 2.45) is 17.8 Å². The van der Waals surface area contributed by atoms with Crippen molar-refractivity contribution in [3.8, 4) is 6.01 Å². The van der Waals surface area contributed by atoms with Crippen molar-refractivity contribution < 1.29 is 50.2 Å². The van der Waals surface area contributed by atoms with Crippen LogP contribution in [0.4, 0.5) is 18.0 Å². The maximum absolute atomic E-state index is 14.8. The number of hydrogen-bond donors (Lipinski definition) is 3. The zero-order valence-corrected chi connectivity index (χ0v) is 33.8. The van der Waals surface area contributed by atoms with E-state index in [2.05, 4.69) is 26.9 Å². The molecular weight excluding hydrogens is 810 g/mol. The summed E-state index contributed by atoms with van der Waals surface area (Å²) in [6.45, 7) is 3.42. The molecule has 324 valence electrons. The Balaban J connectivity index is 1.17. The van der Waals surface area contributed by atoms with E-state index in [4.69, 9.17) is 9.47 Å². The fraction of sp³-hybridized carbons (Fsp3) is 0.610. The summed E-state index contributed by atoms with van der Waals surface area (Å²) in [5.41, 5.74) is -3.61. The predicted octanol–water partition coefficient (Wildman–Crippen LogP) is 4.24. The number of ether oxygens (including phenoxy) is 2. The van der Waals surface area contributed by atoms with Crippen LogP contribution in [-0.4, -0.2) is 88.3 Å². The second kappa shape index (κ2) is 16.2. The Morgan fingerprint density at radius 1 is 0.983 bits per heavy atom. The van der Waals surface area contributed by atoms with Gasteiger partial charge in [-0.2, -0.15) is 18.2 Å². The number of carbonyl (C=O) groups excluding carboxylic acids is 4. The highest BCUT2D eigenvalue weighted by Gasteiger charge is 2.62. The van der Waals surface area contributed by atoms with Crippen LogP contribution in [-0.2, 0) is 41.9 Å². The molecule has 3 N–H and O–H groups in total. The van der Waals surface area contributed by atoms with Crippen molar-refractivity contribution in [2.45, 2.75) is 131 Å². The molecule has 1 saturated heterocycles. The van der Waals surface area contributed by atoms with Gasteiger partial charge in [0, 0.05) is 18.9 Å². The van der Waals surface area contributed by atoms with Gasteiger partial charge in [0.25, 0.3) is 17.5 Å². The Bertz CT molecular complexity index is 2270. The smallest absolute Gasteiger partial charge is 0.416 e. The molecule has 6 aliphatic rings. The van der Waals surface area contributed by atoms with Crippen LogP contribution in [0.1, 0.15) is 89.0 Å². The van der Waals surface area contributed by atoms with Crippen molar-refractivity contribution in [1.82, 2.24) is 29.8 Å². The normalized spacial score (nSPS) is 30.3. The van der Waals surface area contributed by atoms with Crippen LogP contribution in [0.2, 0.25) is 0 Å². The van der Waals surface area contributed by atoms with Gasteiger partial charge in [0.1, 0.15) is 29.8 Å². The molecule has 0 radical (unpaired) electrons. The Morgan fingerprint density at radius 3 is 2.43 bits per heavy atom. The summed E-state index contributed by atoms with van der Waals surface area (Å²) in [6.07, 6.45) is 5.20. The quantitative estimate of drug-likeness (QED) is 0.339. The van der Waals surface area contributed by atoms with Gasteiger partial charge in [-0.15, -0.1) is 6.58 Å². The lowest BCUT2D eigenvalue weighted by molar-refractivity contribution is -0.142. The number of fused-ring (bicyclic) bond motifs is 5. The largest absolute Gasteiger partial charge is 0.459 e. The number of halogens is 3. The Kier molecular flexibility index (Phi) is 11.2. The highest BCUT2D eigenvalue weighted by atomic mass is 32.2. The summed E-state index contributed by atoms with van der Waals surface area (Å²) >= 11 is 0. The molecule has 2 aromatic rings. The molecule has 1 aromatic carbocycles. The van der Waals surface area contributed by atoms with Gasteiger partial charge in [-0.1, -0.05) is 31.1 Å². The van der Waals surface area contributed by atoms with Gasteiger partial charge in [-0.3, -0.25) is 28.5 Å². The van der Waals surface area contributed by atoms with Gasteiger partial charge in [0.2, 0.25) is 21.8 Å². The van der Waals surface area contributed by atoms with Gasteiger partial charge in [-0.25, -0.2) is 13.2 Å². The summed E-state index contributed by atoms with van der Waals surface area (Å²) in [4.78, 5) is 76.1. The third-order valence-corrected chi connectivity index (χ3v) is 14.9. The first-order valence-electron chi connectivity index (χ1n) is 20.8. The number of allylic oxidation sites excluding steroid dienone is 2. The first-order chi connectivity index (χ1) is 28.6. The number of amides is 4. The molecule has 3 heterocycles. The third-order valence-electron chi connectivity index (χ3n) is 13.0. The molecule has 5 fully saturated rings. The third kappa shape index (κ3) is 8.37. The number of nitrogens with one attached hydrogen (secondary N) is 3. The minimum absolute atomic E-state index is 0.0460. The highest BCUT2D eigenvalue weighted by Crippen LogP contribution is 2.46. The lowest BCUT2D eigenvalue weighted by atomic mass is 9.96. The van der Waals surface area contributed by atoms with E-state index in [9.17, 15) is 45.6 Å². The zero-order chi connectivity index (χ0) is 42.6. The average Bonchev–Trinajstić information content (AvgIpc) is 3.99. The second-order valence-corrected chi connectivity index (χ2v) is 19.0. The second-order valence-electron chi connectivity index (χ2n) is 17.1. The first-order valence-corrected chi connectivity index (χ1v) is 22.3. The van der Waals surface area contributed by atoms with E-state index >= 15 is 0 Å². The number of sulfonamides is 1. The van der Waals surface area contributed by atoms with Crippen LogP contribution in [0.3, 0.4) is 0 Å². The van der Waals surface area contributed by atoms with E-state index in [0.717, 1.165) is 43.9 Å². The number of aromatic nitrogens is 2. The number of nitrogens with zero attached hydrogens (tertiary/aromatic N) is 3. The average molecular weight is 859 g/mol. The maximum Gasteiger partial charge on any atom is 0.416 e. The van der Waals surface area contributed by atoms with Crippen molar-refractivity contribution in [2.75, 3.05) is 6.54 Å². The Hall–Kier alpha value is -4.94.